The zero-order valence-corrected chi connectivity index (χ0v) is 27.5. The quantitative estimate of drug-likeness (QED) is 0.222. The number of imidazole rings is 1. The van der Waals surface area contributed by atoms with E-state index in [1.54, 1.807) is 0 Å². The number of aromatic amines is 1. The largest absolute Gasteiger partial charge is 0.471 e. The van der Waals surface area contributed by atoms with Crippen LogP contribution in [0.2, 0.25) is 5.02 Å². The van der Waals surface area contributed by atoms with Gasteiger partial charge in [0.25, 0.3) is 11.9 Å². The molecule has 4 N–H and O–H groups in total. The van der Waals surface area contributed by atoms with Crippen LogP contribution in [0.5, 0.6) is 11.9 Å². The van der Waals surface area contributed by atoms with Gasteiger partial charge >= 0.3 is 0 Å². The number of fused-ring (bicyclic) bond motifs is 2. The summed E-state index contributed by atoms with van der Waals surface area (Å²) in [5.41, 5.74) is 0.101. The van der Waals surface area contributed by atoms with Crippen LogP contribution in [-0.4, -0.2) is 68.6 Å². The maximum atomic E-state index is 14.7. The zero-order valence-electron chi connectivity index (χ0n) is 26.7. The van der Waals surface area contributed by atoms with E-state index in [2.05, 4.69) is 20.3 Å². The fourth-order valence-electron chi connectivity index (χ4n) is 5.20. The molecule has 6 rings (SSSR count). The first-order chi connectivity index (χ1) is 21.8. The number of nitrogens with one attached hydrogen (secondary N) is 2. The van der Waals surface area contributed by atoms with Gasteiger partial charge in [0.2, 0.25) is 5.88 Å². The number of H-pyrrole nitrogens is 1. The summed E-state index contributed by atoms with van der Waals surface area (Å²) in [6.45, 7) is 11.8. The van der Waals surface area contributed by atoms with Crippen molar-refractivity contribution in [1.29, 1.82) is 0 Å². The molecule has 0 radical (unpaired) electrons. The Bertz CT molecular complexity index is 1380. The van der Waals surface area contributed by atoms with Gasteiger partial charge in [-0.3, -0.25) is 4.79 Å². The molecular formula is C32H45ClF2N4O6. The van der Waals surface area contributed by atoms with Crippen LogP contribution in [0.4, 0.5) is 8.78 Å². The molecule has 3 fully saturated rings. The average Bonchev–Trinajstić information content (AvgIpc) is 3.58. The second-order valence-electron chi connectivity index (χ2n) is 10.3. The minimum atomic E-state index is -0.968. The van der Waals surface area contributed by atoms with Gasteiger partial charge in [-0.2, -0.15) is 9.97 Å². The summed E-state index contributed by atoms with van der Waals surface area (Å²) in [6, 6.07) is 3.55. The Hall–Kier alpha value is -3.06. The molecular weight excluding hydrogens is 610 g/mol. The lowest BCUT2D eigenvalue weighted by molar-refractivity contribution is 0.0135. The van der Waals surface area contributed by atoms with Gasteiger partial charge < -0.3 is 34.7 Å². The lowest BCUT2D eigenvalue weighted by Crippen LogP contribution is -2.33. The fourth-order valence-corrected chi connectivity index (χ4v) is 5.41. The molecule has 0 bridgehead atoms. The van der Waals surface area contributed by atoms with Gasteiger partial charge in [0.15, 0.2) is 5.65 Å². The summed E-state index contributed by atoms with van der Waals surface area (Å²) in [5.74, 6) is -2.50. The highest BCUT2D eigenvalue weighted by molar-refractivity contribution is 6.32. The Labute approximate surface area is 267 Å². The molecule has 13 heteroatoms. The highest BCUT2D eigenvalue weighted by atomic mass is 35.5. The Morgan fingerprint density at radius 2 is 1.76 bits per heavy atom. The van der Waals surface area contributed by atoms with Crippen LogP contribution in [-0.2, 0) is 11.3 Å². The molecule has 5 atom stereocenters. The van der Waals surface area contributed by atoms with Crippen molar-refractivity contribution in [2.24, 2.45) is 11.8 Å². The first-order valence-electron chi connectivity index (χ1n) is 15.9. The molecule has 2 saturated carbocycles. The van der Waals surface area contributed by atoms with Gasteiger partial charge in [-0.05, 0) is 49.8 Å². The predicted octanol–water partition coefficient (Wildman–Crippen LogP) is 5.96. The summed E-state index contributed by atoms with van der Waals surface area (Å²) >= 11 is 6.29. The van der Waals surface area contributed by atoms with Crippen molar-refractivity contribution in [3.05, 3.63) is 46.0 Å². The summed E-state index contributed by atoms with van der Waals surface area (Å²) in [4.78, 5) is 23.8. The molecule has 1 aliphatic heterocycles. The van der Waals surface area contributed by atoms with Gasteiger partial charge in [0.1, 0.15) is 29.4 Å². The van der Waals surface area contributed by atoms with Crippen LogP contribution in [0.3, 0.4) is 0 Å². The van der Waals surface area contributed by atoms with Crippen molar-refractivity contribution in [2.45, 2.75) is 98.2 Å². The van der Waals surface area contributed by atoms with E-state index in [-0.39, 0.29) is 65.3 Å². The van der Waals surface area contributed by atoms with Crippen LogP contribution < -0.4 is 14.8 Å². The number of aromatic nitrogens is 3. The van der Waals surface area contributed by atoms with Crippen molar-refractivity contribution in [3.8, 4) is 11.9 Å². The molecule has 1 amide bonds. The molecule has 1 saturated heterocycles. The summed E-state index contributed by atoms with van der Waals surface area (Å²) in [6.07, 6.45) is 1.67. The Balaban J connectivity index is 0.000000870. The van der Waals surface area contributed by atoms with Crippen LogP contribution in [0.1, 0.15) is 83.1 Å². The van der Waals surface area contributed by atoms with E-state index in [1.165, 1.54) is 6.07 Å². The van der Waals surface area contributed by atoms with Gasteiger partial charge in [-0.25, -0.2) is 8.78 Å². The van der Waals surface area contributed by atoms with E-state index < -0.39 is 41.9 Å². The van der Waals surface area contributed by atoms with Crippen molar-refractivity contribution in [3.63, 3.8) is 0 Å². The number of nitrogens with zero attached hydrogens (tertiary/aromatic N) is 2. The lowest BCUT2D eigenvalue weighted by Gasteiger charge is -2.17. The van der Waals surface area contributed by atoms with Crippen LogP contribution >= 0.6 is 11.6 Å². The third-order valence-corrected chi connectivity index (χ3v) is 7.83. The van der Waals surface area contributed by atoms with E-state index in [0.29, 0.717) is 11.9 Å². The maximum Gasteiger partial charge on any atom is 0.296 e. The number of halogens is 3. The van der Waals surface area contributed by atoms with Crippen molar-refractivity contribution in [2.75, 3.05) is 13.2 Å². The van der Waals surface area contributed by atoms with Gasteiger partial charge in [0, 0.05) is 18.0 Å². The van der Waals surface area contributed by atoms with Crippen molar-refractivity contribution >= 4 is 28.7 Å². The third kappa shape index (κ3) is 8.81. The van der Waals surface area contributed by atoms with Gasteiger partial charge in [-0.1, -0.05) is 53.1 Å². The first-order valence-corrected chi connectivity index (χ1v) is 16.2. The average molecular weight is 655 g/mol. The Morgan fingerprint density at radius 1 is 1.09 bits per heavy atom. The molecule has 10 nitrogen and oxygen atoms in total. The number of amides is 1. The van der Waals surface area contributed by atoms with E-state index in [1.807, 2.05) is 41.5 Å². The minimum absolute atomic E-state index is 0.0167. The summed E-state index contributed by atoms with van der Waals surface area (Å²) in [7, 11) is 0. The first kappa shape index (κ1) is 36.4. The molecule has 2 aromatic heterocycles. The van der Waals surface area contributed by atoms with Crippen molar-refractivity contribution < 1.29 is 38.0 Å². The molecule has 250 valence electrons. The van der Waals surface area contributed by atoms with Gasteiger partial charge in [-0.15, -0.1) is 0 Å². The molecule has 1 aromatic carbocycles. The monoisotopic (exact) mass is 654 g/mol. The van der Waals surface area contributed by atoms with Crippen LogP contribution in [0.15, 0.2) is 18.2 Å². The zero-order chi connectivity index (χ0) is 33.3. The number of hydrogen-bond acceptors (Lipinski definition) is 8. The summed E-state index contributed by atoms with van der Waals surface area (Å²) in [5, 5.41) is 22.5. The molecule has 3 aromatic rings. The minimum Gasteiger partial charge on any atom is -0.471 e. The Kier molecular flexibility index (Phi) is 13.8. The molecule has 3 aliphatic rings. The lowest BCUT2D eigenvalue weighted by atomic mass is 10.0. The number of rotatable bonds is 9. The second kappa shape index (κ2) is 17.0. The fraction of sp³-hybridized carbons (Fsp3) is 0.594. The van der Waals surface area contributed by atoms with Crippen molar-refractivity contribution in [1.82, 2.24) is 20.3 Å². The molecule has 2 unspecified atom stereocenters. The molecule has 2 aliphatic carbocycles. The van der Waals surface area contributed by atoms with Gasteiger partial charge in [0.05, 0.1) is 36.0 Å². The van der Waals surface area contributed by atoms with Crippen LogP contribution in [0.25, 0.3) is 11.2 Å². The smallest absolute Gasteiger partial charge is 0.296 e. The number of aliphatic hydroxyl groups is 2. The number of aliphatic hydroxyl groups excluding tert-OH is 2. The highest BCUT2D eigenvalue weighted by Gasteiger charge is 2.47. The standard InChI is InChI=1S/C26H27ClF2N4O6.3C2H6/c27-15-7-18-23(33-26(31-18)39-21-4-3-13-20(35)10-37-22(13)21)32-25(15)38-9-14-16(28)5-12(6-17(14)29)24(36)30-8-19(34)11-1-2-11;3*1-2/h5-7,11,13,19-22,34-35H,1-4,8-10H2,(H,30,36)(H,31,32,33);3*1-2H3/t13?,19?,20-,21-,22+;;;/m1.../s1. The topological polar surface area (TPSA) is 139 Å². The van der Waals surface area contributed by atoms with Crippen LogP contribution in [0, 0.1) is 23.5 Å². The number of hydrogen-bond donors (Lipinski definition) is 4. The number of carbonyl (C=O) groups excluding carboxylic acids is 1. The number of pyridine rings is 1. The summed E-state index contributed by atoms with van der Waals surface area (Å²) < 4.78 is 46.6. The third-order valence-electron chi connectivity index (χ3n) is 7.56. The normalized spacial score (nSPS) is 22.1. The predicted molar refractivity (Wildman–Crippen MR) is 168 cm³/mol. The van der Waals surface area contributed by atoms with E-state index >= 15 is 0 Å². The van der Waals surface area contributed by atoms with E-state index in [0.717, 1.165) is 31.4 Å². The molecule has 3 heterocycles. The second-order valence-corrected chi connectivity index (χ2v) is 10.7. The number of ether oxygens (including phenoxy) is 3. The Morgan fingerprint density at radius 3 is 2.40 bits per heavy atom. The maximum absolute atomic E-state index is 14.7. The molecule has 45 heavy (non-hydrogen) atoms. The number of benzene rings is 1. The van der Waals surface area contributed by atoms with E-state index in [9.17, 15) is 23.8 Å². The highest BCUT2D eigenvalue weighted by Crippen LogP contribution is 2.38. The van der Waals surface area contributed by atoms with E-state index in [4.69, 9.17) is 25.8 Å². The SMILES string of the molecule is CC.CC.CC.O=C(NCC(O)C1CC1)c1cc(F)c(COc2nc3nc(O[C@@H]4CCC5[C@H](O)CO[C@@H]54)[nH]c3cc2Cl)c(F)c1. The number of carbonyl (C=O) groups is 1. The molecule has 0 spiro atoms.